The second-order valence-corrected chi connectivity index (χ2v) is 20.6. The first-order valence-electron chi connectivity index (χ1n) is 21.8. The maximum Gasteiger partial charge on any atom is 0.255 e. The van der Waals surface area contributed by atoms with Crippen LogP contribution in [0.25, 0.3) is 0 Å². The number of aryl methyl sites for hydroxylation is 1. The van der Waals surface area contributed by atoms with Crippen LogP contribution in [0, 0.1) is 0 Å². The molecule has 3 fully saturated rings. The zero-order chi connectivity index (χ0) is 44.4. The number of anilines is 5. The number of rotatable bonds is 14. The number of nitrogens with zero attached hydrogens (tertiary/aromatic N) is 7. The summed E-state index contributed by atoms with van der Waals surface area (Å²) < 4.78 is 25.2. The summed E-state index contributed by atoms with van der Waals surface area (Å²) in [6, 6.07) is 17.1. The maximum atomic E-state index is 13.3. The molecule has 2 N–H and O–H groups in total. The lowest BCUT2D eigenvalue weighted by Crippen LogP contribution is -2.53. The number of carbonyl (C=O) groups excluding carboxylic acids is 3. The van der Waals surface area contributed by atoms with Gasteiger partial charge >= 0.3 is 0 Å². The van der Waals surface area contributed by atoms with E-state index in [9.17, 15) is 18.9 Å². The van der Waals surface area contributed by atoms with Gasteiger partial charge in [0, 0.05) is 93.5 Å². The molecule has 17 heteroatoms. The van der Waals surface area contributed by atoms with Gasteiger partial charge in [-0.05, 0) is 74.9 Å². The van der Waals surface area contributed by atoms with E-state index in [1.54, 1.807) is 37.6 Å². The van der Waals surface area contributed by atoms with Crippen molar-refractivity contribution in [3.8, 4) is 11.5 Å². The number of nitrogens with one attached hydrogen (secondary N) is 2. The van der Waals surface area contributed by atoms with Crippen molar-refractivity contribution in [2.75, 3.05) is 95.4 Å². The lowest BCUT2D eigenvalue weighted by Gasteiger charge is -2.43. The summed E-state index contributed by atoms with van der Waals surface area (Å²) >= 11 is 6.53. The van der Waals surface area contributed by atoms with Gasteiger partial charge in [-0.15, -0.1) is 0 Å². The number of fused-ring (bicyclic) bond motifs is 1. The fraction of sp³-hybridized carbons (Fsp3) is 0.457. The van der Waals surface area contributed by atoms with E-state index in [1.807, 2.05) is 36.4 Å². The molecule has 0 saturated carbocycles. The van der Waals surface area contributed by atoms with E-state index in [2.05, 4.69) is 54.4 Å². The van der Waals surface area contributed by atoms with E-state index in [4.69, 9.17) is 21.1 Å². The number of methoxy groups -OCH3 is 1. The van der Waals surface area contributed by atoms with Crippen LogP contribution in [0.4, 0.5) is 28.8 Å². The van der Waals surface area contributed by atoms with E-state index in [0.29, 0.717) is 65.2 Å². The Morgan fingerprint density at radius 1 is 0.905 bits per heavy atom. The molecule has 0 spiro atoms. The summed E-state index contributed by atoms with van der Waals surface area (Å²) in [6.07, 6.45) is 5.13. The number of halogens is 1. The minimum absolute atomic E-state index is 0.185. The van der Waals surface area contributed by atoms with Crippen molar-refractivity contribution in [2.24, 2.45) is 0 Å². The quantitative estimate of drug-likeness (QED) is 0.109. The highest BCUT2D eigenvalue weighted by molar-refractivity contribution is 7.70. The molecule has 3 saturated heterocycles. The number of piperidine rings is 2. The number of amides is 3. The van der Waals surface area contributed by atoms with Gasteiger partial charge < -0.3 is 34.5 Å². The van der Waals surface area contributed by atoms with Crippen LogP contribution in [0.5, 0.6) is 11.5 Å². The standard InChI is InChI=1S/C46H57ClN9O6P/c1-6-30-26-36(50-46-48-28-34(47)43(51-46)49-35-11-7-8-13-41(35)63(4,5)60)40(61-3)27-38(30)55-18-16-31(17-19-55)54-22-20-53(21-23-54)24-25-62-39-12-9-10-32-33(39)29-56(44(32)58)37-14-15-42(57)52(2)45(37)59/h7-13,26-28,31,37H,6,14-25,29H2,1-5H3,(H2,48,49,50,51). The number of likely N-dealkylation sites (N-methyl/N-ethyl adjacent to an activating group) is 1. The molecule has 0 aliphatic carbocycles. The molecule has 4 aliphatic heterocycles. The number of hydrogen-bond donors (Lipinski definition) is 2. The van der Waals surface area contributed by atoms with Gasteiger partial charge in [0.2, 0.25) is 11.9 Å². The van der Waals surface area contributed by atoms with E-state index in [0.717, 1.165) is 86.5 Å². The van der Waals surface area contributed by atoms with Crippen molar-refractivity contribution in [3.63, 3.8) is 0 Å². The molecule has 1 atom stereocenters. The SMILES string of the molecule is CCc1cc(Nc2ncc(Cl)c(Nc3ccccc3P(C)(C)=O)n2)c(OC)cc1N1CCC(N2CCN(CCOc3cccc4c3CN(C3CCC(=O)N(C)C3=O)C4=O)CC2)CC1. The lowest BCUT2D eigenvalue weighted by atomic mass is 9.99. The van der Waals surface area contributed by atoms with Crippen LogP contribution in [0.15, 0.2) is 60.8 Å². The van der Waals surface area contributed by atoms with E-state index >= 15 is 0 Å². The molecule has 3 aromatic carbocycles. The van der Waals surface area contributed by atoms with Crippen molar-refractivity contribution in [2.45, 2.75) is 57.7 Å². The van der Waals surface area contributed by atoms with Gasteiger partial charge in [0.05, 0.1) is 31.2 Å². The zero-order valence-corrected chi connectivity index (χ0v) is 38.4. The van der Waals surface area contributed by atoms with Gasteiger partial charge in [-0.25, -0.2) is 4.98 Å². The molecular weight excluding hydrogens is 841 g/mol. The molecule has 8 rings (SSSR count). The Kier molecular flexibility index (Phi) is 13.3. The first-order chi connectivity index (χ1) is 30.3. The lowest BCUT2D eigenvalue weighted by molar-refractivity contribution is -0.150. The summed E-state index contributed by atoms with van der Waals surface area (Å²) in [6.45, 7) is 13.1. The number of carbonyl (C=O) groups is 3. The Balaban J connectivity index is 0.827. The van der Waals surface area contributed by atoms with Crippen LogP contribution >= 0.6 is 18.7 Å². The predicted octanol–water partition coefficient (Wildman–Crippen LogP) is 6.20. The summed E-state index contributed by atoms with van der Waals surface area (Å²) in [5.41, 5.74) is 5.19. The van der Waals surface area contributed by atoms with Gasteiger partial charge in [0.15, 0.2) is 5.82 Å². The van der Waals surface area contributed by atoms with Gasteiger partial charge in [0.1, 0.15) is 36.3 Å². The minimum atomic E-state index is -2.56. The maximum absolute atomic E-state index is 13.3. The molecule has 0 radical (unpaired) electrons. The second-order valence-electron chi connectivity index (χ2n) is 17.0. The molecular formula is C46H57ClN9O6P. The van der Waals surface area contributed by atoms with Gasteiger partial charge in [-0.2, -0.15) is 4.98 Å². The Morgan fingerprint density at radius 2 is 1.67 bits per heavy atom. The molecule has 1 unspecified atom stereocenters. The summed E-state index contributed by atoms with van der Waals surface area (Å²) in [5.74, 6) is 1.41. The molecule has 63 heavy (non-hydrogen) atoms. The molecule has 334 valence electrons. The molecule has 1 aromatic heterocycles. The highest BCUT2D eigenvalue weighted by atomic mass is 35.5. The summed E-state index contributed by atoms with van der Waals surface area (Å²) in [7, 11) is 0.596. The van der Waals surface area contributed by atoms with Crippen molar-refractivity contribution in [3.05, 3.63) is 82.5 Å². The van der Waals surface area contributed by atoms with Crippen LogP contribution in [-0.4, -0.2) is 139 Å². The third-order valence-electron chi connectivity index (χ3n) is 12.9. The number of imide groups is 1. The van der Waals surface area contributed by atoms with E-state index < -0.39 is 13.2 Å². The number of hydrogen-bond acceptors (Lipinski definition) is 13. The summed E-state index contributed by atoms with van der Waals surface area (Å²) in [5, 5.41) is 7.69. The van der Waals surface area contributed by atoms with Crippen LogP contribution in [0.2, 0.25) is 5.02 Å². The molecule has 3 amide bonds. The predicted molar refractivity (Wildman–Crippen MR) is 247 cm³/mol. The number of benzene rings is 3. The van der Waals surface area contributed by atoms with Gasteiger partial charge in [-0.1, -0.05) is 36.7 Å². The van der Waals surface area contributed by atoms with E-state index in [1.165, 1.54) is 18.3 Å². The number of likely N-dealkylation sites (tertiary alicyclic amines) is 1. The average molecular weight is 898 g/mol. The van der Waals surface area contributed by atoms with Crippen LogP contribution in [0.1, 0.15) is 54.1 Å². The highest BCUT2D eigenvalue weighted by Crippen LogP contribution is 2.40. The van der Waals surface area contributed by atoms with Crippen molar-refractivity contribution < 1.29 is 28.4 Å². The fourth-order valence-electron chi connectivity index (χ4n) is 9.28. The number of piperazine rings is 1. The monoisotopic (exact) mass is 897 g/mol. The Labute approximate surface area is 374 Å². The third-order valence-corrected chi connectivity index (χ3v) is 14.7. The van der Waals surface area contributed by atoms with Gasteiger partial charge in [0.25, 0.3) is 11.8 Å². The van der Waals surface area contributed by atoms with Crippen LogP contribution in [-0.2, 0) is 27.1 Å². The fourth-order valence-corrected chi connectivity index (χ4v) is 10.6. The van der Waals surface area contributed by atoms with Crippen molar-refractivity contribution in [1.29, 1.82) is 0 Å². The Hall–Kier alpha value is -5.21. The number of aromatic nitrogens is 2. The van der Waals surface area contributed by atoms with Gasteiger partial charge in [-0.3, -0.25) is 29.1 Å². The topological polar surface area (TPSA) is 153 Å². The number of para-hydroxylation sites is 1. The first-order valence-corrected chi connectivity index (χ1v) is 24.8. The molecule has 4 aromatic rings. The summed E-state index contributed by atoms with van der Waals surface area (Å²) in [4.78, 5) is 57.7. The Morgan fingerprint density at radius 3 is 2.40 bits per heavy atom. The Bertz CT molecular complexity index is 2420. The van der Waals surface area contributed by atoms with E-state index in [-0.39, 0.29) is 24.1 Å². The van der Waals surface area contributed by atoms with Crippen LogP contribution < -0.4 is 30.3 Å². The molecule has 5 heterocycles. The normalized spacial score (nSPS) is 19.1. The zero-order valence-electron chi connectivity index (χ0n) is 36.7. The first kappa shape index (κ1) is 44.4. The largest absolute Gasteiger partial charge is 0.494 e. The van der Waals surface area contributed by atoms with Crippen molar-refractivity contribution >= 4 is 70.6 Å². The molecule has 4 aliphatic rings. The minimum Gasteiger partial charge on any atom is -0.494 e. The third kappa shape index (κ3) is 9.52. The molecule has 0 bridgehead atoms. The highest BCUT2D eigenvalue weighted by Gasteiger charge is 2.42. The second kappa shape index (κ2) is 18.9. The smallest absolute Gasteiger partial charge is 0.255 e. The average Bonchev–Trinajstić information content (AvgIpc) is 3.62. The van der Waals surface area contributed by atoms with Crippen molar-refractivity contribution in [1.82, 2.24) is 29.6 Å². The number of ether oxygens (including phenoxy) is 2. The van der Waals surface area contributed by atoms with Crippen LogP contribution in [0.3, 0.4) is 0 Å². The molecule has 15 nitrogen and oxygen atoms in total.